The predicted molar refractivity (Wildman–Crippen MR) is 164 cm³/mol. The molecule has 1 atom stereocenters. The molecule has 218 valence electrons. The summed E-state index contributed by atoms with van der Waals surface area (Å²) in [5.41, 5.74) is 0.618. The largest absolute Gasteiger partial charge is 0.352 e. The normalized spacial score (nSPS) is 14.5. The number of benzene rings is 3. The Balaban J connectivity index is 1.72. The number of hydrogen-bond acceptors (Lipinski definition) is 4. The Labute approximate surface area is 260 Å². The third kappa shape index (κ3) is 7.67. The first-order valence-corrected chi connectivity index (χ1v) is 16.0. The SMILES string of the molecule is C[C@@H](C(=O)NC1CCCC1)N(Cc1ccc(Cl)cc1Cl)C(=O)CN(c1ccc(Cl)cc1Cl)S(=O)(=O)c1ccccc1. The van der Waals surface area contributed by atoms with E-state index in [-0.39, 0.29) is 34.1 Å². The molecule has 0 radical (unpaired) electrons. The summed E-state index contributed by atoms with van der Waals surface area (Å²) in [7, 11) is -4.26. The van der Waals surface area contributed by atoms with Crippen LogP contribution in [0.5, 0.6) is 0 Å². The van der Waals surface area contributed by atoms with Gasteiger partial charge in [0, 0.05) is 27.7 Å². The van der Waals surface area contributed by atoms with Crippen LogP contribution in [-0.2, 0) is 26.2 Å². The van der Waals surface area contributed by atoms with Crippen LogP contribution in [-0.4, -0.2) is 43.8 Å². The lowest BCUT2D eigenvalue weighted by Crippen LogP contribution is -2.52. The molecule has 3 aromatic rings. The molecule has 12 heteroatoms. The zero-order chi connectivity index (χ0) is 29.7. The molecule has 0 saturated heterocycles. The van der Waals surface area contributed by atoms with Crippen molar-refractivity contribution >= 4 is 73.9 Å². The van der Waals surface area contributed by atoms with E-state index >= 15 is 0 Å². The minimum atomic E-state index is -4.26. The van der Waals surface area contributed by atoms with Crippen LogP contribution in [0.2, 0.25) is 20.1 Å². The number of nitrogens with one attached hydrogen (secondary N) is 1. The molecule has 0 spiro atoms. The highest BCUT2D eigenvalue weighted by Gasteiger charge is 2.34. The first kappa shape index (κ1) is 31.4. The second kappa shape index (κ2) is 13.7. The quantitative estimate of drug-likeness (QED) is 0.255. The van der Waals surface area contributed by atoms with E-state index in [2.05, 4.69) is 5.32 Å². The molecule has 1 aliphatic carbocycles. The first-order valence-electron chi connectivity index (χ1n) is 13.0. The lowest BCUT2D eigenvalue weighted by Gasteiger charge is -2.33. The Bertz CT molecular complexity index is 1520. The molecule has 2 amide bonds. The number of carbonyl (C=O) groups is 2. The van der Waals surface area contributed by atoms with Crippen LogP contribution in [0.4, 0.5) is 5.69 Å². The molecule has 3 aromatic carbocycles. The molecule has 0 aliphatic heterocycles. The van der Waals surface area contributed by atoms with Gasteiger partial charge < -0.3 is 10.2 Å². The van der Waals surface area contributed by atoms with Crippen LogP contribution in [0.1, 0.15) is 38.2 Å². The molecular weight excluding hydrogens is 628 g/mol. The van der Waals surface area contributed by atoms with Gasteiger partial charge in [-0.15, -0.1) is 0 Å². The number of amides is 2. The Hall–Kier alpha value is -2.49. The number of halogens is 4. The highest BCUT2D eigenvalue weighted by atomic mass is 35.5. The van der Waals surface area contributed by atoms with Gasteiger partial charge in [0.25, 0.3) is 10.0 Å². The van der Waals surface area contributed by atoms with Gasteiger partial charge in [0.15, 0.2) is 0 Å². The Morgan fingerprint density at radius 2 is 1.51 bits per heavy atom. The molecule has 1 saturated carbocycles. The summed E-state index contributed by atoms with van der Waals surface area (Å²) in [6, 6.07) is 16.0. The van der Waals surface area contributed by atoms with Gasteiger partial charge in [-0.2, -0.15) is 0 Å². The fourth-order valence-electron chi connectivity index (χ4n) is 4.72. The summed E-state index contributed by atoms with van der Waals surface area (Å²) in [5, 5.41) is 4.11. The third-order valence-electron chi connectivity index (χ3n) is 7.01. The highest BCUT2D eigenvalue weighted by Crippen LogP contribution is 2.33. The van der Waals surface area contributed by atoms with Gasteiger partial charge in [-0.25, -0.2) is 8.42 Å². The minimum Gasteiger partial charge on any atom is -0.352 e. The molecule has 1 aliphatic rings. The topological polar surface area (TPSA) is 86.8 Å². The van der Waals surface area contributed by atoms with E-state index in [1.54, 1.807) is 43.3 Å². The smallest absolute Gasteiger partial charge is 0.264 e. The summed E-state index contributed by atoms with van der Waals surface area (Å²) in [6.07, 6.45) is 3.79. The van der Waals surface area contributed by atoms with Gasteiger partial charge >= 0.3 is 0 Å². The molecular formula is C29H29Cl4N3O4S. The summed E-state index contributed by atoms with van der Waals surface area (Å²) in [6.45, 7) is 0.920. The first-order chi connectivity index (χ1) is 19.5. The van der Waals surface area contributed by atoms with E-state index in [1.807, 2.05) is 0 Å². The average Bonchev–Trinajstić information content (AvgIpc) is 3.44. The Morgan fingerprint density at radius 3 is 2.12 bits per heavy atom. The van der Waals surface area contributed by atoms with Crippen molar-refractivity contribution in [3.63, 3.8) is 0 Å². The Morgan fingerprint density at radius 1 is 0.902 bits per heavy atom. The van der Waals surface area contributed by atoms with E-state index in [4.69, 9.17) is 46.4 Å². The van der Waals surface area contributed by atoms with Gasteiger partial charge in [0.05, 0.1) is 15.6 Å². The van der Waals surface area contributed by atoms with Crippen LogP contribution in [0.3, 0.4) is 0 Å². The number of hydrogen-bond donors (Lipinski definition) is 1. The maximum absolute atomic E-state index is 14.1. The van der Waals surface area contributed by atoms with Crippen molar-refractivity contribution in [3.8, 4) is 0 Å². The number of anilines is 1. The highest BCUT2D eigenvalue weighted by molar-refractivity contribution is 7.92. The van der Waals surface area contributed by atoms with Gasteiger partial charge in [-0.05, 0) is 67.8 Å². The standard InChI is InChI=1S/C29H29Cl4N3O4S/c1-19(29(38)34-23-7-5-6-8-23)35(17-20-11-12-21(30)15-25(20)32)28(37)18-36(27-14-13-22(31)16-26(27)33)41(39,40)24-9-3-2-4-10-24/h2-4,9-16,19,23H,5-8,17-18H2,1H3,(H,34,38)/t19-/m0/s1. The van der Waals surface area contributed by atoms with Gasteiger partial charge in [0.2, 0.25) is 11.8 Å². The number of sulfonamides is 1. The second-order valence-electron chi connectivity index (χ2n) is 9.84. The third-order valence-corrected chi connectivity index (χ3v) is 9.91. The van der Waals surface area contributed by atoms with E-state index in [9.17, 15) is 18.0 Å². The van der Waals surface area contributed by atoms with Crippen LogP contribution in [0.15, 0.2) is 71.6 Å². The van der Waals surface area contributed by atoms with Crippen molar-refractivity contribution in [1.82, 2.24) is 10.2 Å². The number of nitrogens with zero attached hydrogens (tertiary/aromatic N) is 2. The van der Waals surface area contributed by atoms with Crippen LogP contribution in [0.25, 0.3) is 0 Å². The second-order valence-corrected chi connectivity index (χ2v) is 13.4. The number of carbonyl (C=O) groups excluding carboxylic acids is 2. The Kier molecular flexibility index (Phi) is 10.5. The van der Waals surface area contributed by atoms with E-state index in [1.165, 1.54) is 35.2 Å². The average molecular weight is 657 g/mol. The van der Waals surface area contributed by atoms with Crippen molar-refractivity contribution < 1.29 is 18.0 Å². The molecule has 1 fully saturated rings. The van der Waals surface area contributed by atoms with Crippen LogP contribution >= 0.6 is 46.4 Å². The summed E-state index contributed by atoms with van der Waals surface area (Å²) < 4.78 is 28.7. The van der Waals surface area contributed by atoms with Gasteiger partial charge in [0.1, 0.15) is 12.6 Å². The molecule has 0 unspecified atom stereocenters. The van der Waals surface area contributed by atoms with E-state index in [0.717, 1.165) is 30.0 Å². The predicted octanol–water partition coefficient (Wildman–Crippen LogP) is 6.97. The maximum atomic E-state index is 14.1. The van der Waals surface area contributed by atoms with Crippen molar-refractivity contribution in [2.24, 2.45) is 0 Å². The van der Waals surface area contributed by atoms with Gasteiger partial charge in [-0.1, -0.05) is 83.5 Å². The lowest BCUT2D eigenvalue weighted by molar-refractivity contribution is -0.139. The maximum Gasteiger partial charge on any atom is 0.264 e. The molecule has 0 heterocycles. The summed E-state index contributed by atoms with van der Waals surface area (Å²) >= 11 is 25.0. The van der Waals surface area contributed by atoms with Crippen LogP contribution < -0.4 is 9.62 Å². The summed E-state index contributed by atoms with van der Waals surface area (Å²) in [5.74, 6) is -0.965. The van der Waals surface area contributed by atoms with Crippen molar-refractivity contribution in [2.75, 3.05) is 10.8 Å². The molecule has 0 aromatic heterocycles. The monoisotopic (exact) mass is 655 g/mol. The molecule has 1 N–H and O–H groups in total. The van der Waals surface area contributed by atoms with E-state index in [0.29, 0.717) is 20.6 Å². The zero-order valence-electron chi connectivity index (χ0n) is 22.2. The zero-order valence-corrected chi connectivity index (χ0v) is 26.0. The molecule has 7 nitrogen and oxygen atoms in total. The molecule has 0 bridgehead atoms. The van der Waals surface area contributed by atoms with E-state index < -0.39 is 28.5 Å². The van der Waals surface area contributed by atoms with Gasteiger partial charge in [-0.3, -0.25) is 13.9 Å². The lowest BCUT2D eigenvalue weighted by atomic mass is 10.1. The molecule has 4 rings (SSSR count). The van der Waals surface area contributed by atoms with Crippen molar-refractivity contribution in [3.05, 3.63) is 92.4 Å². The van der Waals surface area contributed by atoms with Crippen molar-refractivity contribution in [2.45, 2.75) is 56.1 Å². The van der Waals surface area contributed by atoms with Crippen molar-refractivity contribution in [1.29, 1.82) is 0 Å². The van der Waals surface area contributed by atoms with Crippen LogP contribution in [0, 0.1) is 0 Å². The fraction of sp³-hybridized carbons (Fsp3) is 0.310. The fourth-order valence-corrected chi connectivity index (χ4v) is 7.21. The minimum absolute atomic E-state index is 0.0295. The number of rotatable bonds is 10. The molecule has 41 heavy (non-hydrogen) atoms. The summed E-state index contributed by atoms with van der Waals surface area (Å²) in [4.78, 5) is 28.7.